The summed E-state index contributed by atoms with van der Waals surface area (Å²) in [4.78, 5) is 0. The molecule has 0 N–H and O–H groups in total. The highest BCUT2D eigenvalue weighted by molar-refractivity contribution is 6.28. The summed E-state index contributed by atoms with van der Waals surface area (Å²) in [5.74, 6) is -0.881. The van der Waals surface area contributed by atoms with Crippen LogP contribution in [0, 0.1) is 18.6 Å². The van der Waals surface area contributed by atoms with Gasteiger partial charge in [0, 0.05) is 6.07 Å². The molecular formula is C9H6ClF2N3. The zero-order chi connectivity index (χ0) is 11.0. The van der Waals surface area contributed by atoms with Gasteiger partial charge in [0.1, 0.15) is 17.5 Å². The molecule has 78 valence electrons. The molecule has 0 fully saturated rings. The lowest BCUT2D eigenvalue weighted by atomic mass is 10.3. The van der Waals surface area contributed by atoms with Gasteiger partial charge in [0.05, 0.1) is 5.69 Å². The molecule has 15 heavy (non-hydrogen) atoms. The van der Waals surface area contributed by atoms with Gasteiger partial charge in [-0.15, -0.1) is 10.2 Å². The Labute approximate surface area is 89.3 Å². The van der Waals surface area contributed by atoms with E-state index in [9.17, 15) is 8.78 Å². The predicted molar refractivity (Wildman–Crippen MR) is 51.0 cm³/mol. The zero-order valence-corrected chi connectivity index (χ0v) is 8.46. The lowest BCUT2D eigenvalue weighted by Crippen LogP contribution is -1.98. The van der Waals surface area contributed by atoms with E-state index in [1.807, 2.05) is 0 Å². The van der Waals surface area contributed by atoms with Crippen LogP contribution < -0.4 is 0 Å². The number of hydrogen-bond donors (Lipinski definition) is 0. The van der Waals surface area contributed by atoms with Crippen LogP contribution in [0.25, 0.3) is 5.69 Å². The normalized spacial score (nSPS) is 10.7. The van der Waals surface area contributed by atoms with Gasteiger partial charge < -0.3 is 0 Å². The van der Waals surface area contributed by atoms with Gasteiger partial charge in [-0.1, -0.05) is 0 Å². The molecule has 3 nitrogen and oxygen atoms in total. The Hall–Kier alpha value is -1.49. The Morgan fingerprint density at radius 3 is 2.20 bits per heavy atom. The topological polar surface area (TPSA) is 30.7 Å². The fourth-order valence-electron chi connectivity index (χ4n) is 1.30. The van der Waals surface area contributed by atoms with Crippen LogP contribution in [-0.4, -0.2) is 14.8 Å². The first-order valence-corrected chi connectivity index (χ1v) is 4.49. The largest absolute Gasteiger partial charge is 0.270 e. The van der Waals surface area contributed by atoms with Crippen molar-refractivity contribution in [2.45, 2.75) is 6.92 Å². The fraction of sp³-hybridized carbons (Fsp3) is 0.111. The highest BCUT2D eigenvalue weighted by Gasteiger charge is 2.10. The molecule has 0 aliphatic carbocycles. The van der Waals surface area contributed by atoms with Gasteiger partial charge >= 0.3 is 0 Å². The molecule has 0 atom stereocenters. The molecule has 0 saturated carbocycles. The first kappa shape index (κ1) is 10.0. The quantitative estimate of drug-likeness (QED) is 0.752. The molecule has 0 spiro atoms. The maximum atomic E-state index is 12.9. The van der Waals surface area contributed by atoms with Crippen LogP contribution in [0.3, 0.4) is 0 Å². The van der Waals surface area contributed by atoms with Gasteiger partial charge in [0.25, 0.3) is 0 Å². The van der Waals surface area contributed by atoms with Gasteiger partial charge in [-0.2, -0.15) is 0 Å². The summed E-state index contributed by atoms with van der Waals surface area (Å²) in [6.45, 7) is 1.64. The standard InChI is InChI=1S/C9H6ClF2N3/c1-5-13-14-9(10)15(5)8-3-6(11)2-7(12)4-8/h2-4H,1H3. The molecule has 1 heterocycles. The second-order valence-corrected chi connectivity index (χ2v) is 3.32. The summed E-state index contributed by atoms with van der Waals surface area (Å²) in [7, 11) is 0. The van der Waals surface area contributed by atoms with Crippen molar-refractivity contribution in [1.29, 1.82) is 0 Å². The van der Waals surface area contributed by atoms with Crippen molar-refractivity contribution in [2.75, 3.05) is 0 Å². The van der Waals surface area contributed by atoms with Gasteiger partial charge in [-0.3, -0.25) is 4.57 Å². The predicted octanol–water partition coefficient (Wildman–Crippen LogP) is 2.51. The summed E-state index contributed by atoms with van der Waals surface area (Å²) < 4.78 is 27.2. The van der Waals surface area contributed by atoms with Gasteiger partial charge in [-0.25, -0.2) is 8.78 Å². The monoisotopic (exact) mass is 229 g/mol. The van der Waals surface area contributed by atoms with Crippen LogP contribution in [0.5, 0.6) is 0 Å². The number of rotatable bonds is 1. The van der Waals surface area contributed by atoms with Crippen molar-refractivity contribution in [3.05, 3.63) is 40.9 Å². The average molecular weight is 230 g/mol. The molecule has 0 amide bonds. The Morgan fingerprint density at radius 2 is 1.73 bits per heavy atom. The molecule has 6 heteroatoms. The third-order valence-corrected chi connectivity index (χ3v) is 2.14. The molecule has 2 rings (SSSR count). The van der Waals surface area contributed by atoms with E-state index in [1.54, 1.807) is 6.92 Å². The second-order valence-electron chi connectivity index (χ2n) is 2.98. The third-order valence-electron chi connectivity index (χ3n) is 1.89. The van der Waals surface area contributed by atoms with E-state index in [0.717, 1.165) is 18.2 Å². The van der Waals surface area contributed by atoms with Crippen molar-refractivity contribution in [2.24, 2.45) is 0 Å². The van der Waals surface area contributed by atoms with Crippen LogP contribution >= 0.6 is 11.6 Å². The van der Waals surface area contributed by atoms with Crippen molar-refractivity contribution < 1.29 is 8.78 Å². The van der Waals surface area contributed by atoms with Crippen LogP contribution in [0.2, 0.25) is 5.28 Å². The van der Waals surface area contributed by atoms with Gasteiger partial charge in [0.15, 0.2) is 0 Å². The highest BCUT2D eigenvalue weighted by atomic mass is 35.5. The third kappa shape index (κ3) is 1.83. The fourth-order valence-corrected chi connectivity index (χ4v) is 1.56. The van der Waals surface area contributed by atoms with E-state index in [-0.39, 0.29) is 11.0 Å². The Balaban J connectivity index is 2.63. The lowest BCUT2D eigenvalue weighted by Gasteiger charge is -2.05. The van der Waals surface area contributed by atoms with E-state index in [4.69, 9.17) is 11.6 Å². The second kappa shape index (κ2) is 3.58. The van der Waals surface area contributed by atoms with Crippen LogP contribution in [0.1, 0.15) is 5.82 Å². The van der Waals surface area contributed by atoms with E-state index < -0.39 is 11.6 Å². The van der Waals surface area contributed by atoms with Crippen molar-refractivity contribution in [3.8, 4) is 5.69 Å². The number of aromatic nitrogens is 3. The highest BCUT2D eigenvalue weighted by Crippen LogP contribution is 2.18. The molecular weight excluding hydrogens is 224 g/mol. The summed E-state index contributed by atoms with van der Waals surface area (Å²) >= 11 is 5.73. The number of hydrogen-bond acceptors (Lipinski definition) is 2. The number of aryl methyl sites for hydroxylation is 1. The molecule has 0 aliphatic heterocycles. The van der Waals surface area contributed by atoms with Crippen molar-refractivity contribution in [3.63, 3.8) is 0 Å². The van der Waals surface area contributed by atoms with E-state index >= 15 is 0 Å². The number of benzene rings is 1. The lowest BCUT2D eigenvalue weighted by molar-refractivity contribution is 0.581. The molecule has 1 aromatic carbocycles. The molecule has 0 bridgehead atoms. The maximum Gasteiger partial charge on any atom is 0.229 e. The van der Waals surface area contributed by atoms with Gasteiger partial charge in [0.2, 0.25) is 5.28 Å². The SMILES string of the molecule is Cc1nnc(Cl)n1-c1cc(F)cc(F)c1. The Morgan fingerprint density at radius 1 is 1.13 bits per heavy atom. The molecule has 2 aromatic rings. The van der Waals surface area contributed by atoms with Crippen molar-refractivity contribution >= 4 is 11.6 Å². The summed E-state index contributed by atoms with van der Waals surface area (Å²) in [5, 5.41) is 7.34. The number of halogens is 3. The van der Waals surface area contributed by atoms with Crippen LogP contribution in [0.4, 0.5) is 8.78 Å². The summed E-state index contributed by atoms with van der Waals surface area (Å²) in [6, 6.07) is 3.10. The van der Waals surface area contributed by atoms with E-state index in [2.05, 4.69) is 10.2 Å². The Kier molecular flexibility index (Phi) is 2.40. The van der Waals surface area contributed by atoms with Crippen LogP contribution in [0.15, 0.2) is 18.2 Å². The molecule has 0 unspecified atom stereocenters. The maximum absolute atomic E-state index is 12.9. The first-order chi connectivity index (χ1) is 7.08. The number of nitrogens with zero attached hydrogens (tertiary/aromatic N) is 3. The Bertz CT molecular complexity index is 470. The average Bonchev–Trinajstić information content (AvgIpc) is 2.44. The zero-order valence-electron chi connectivity index (χ0n) is 7.71. The minimum Gasteiger partial charge on any atom is -0.270 e. The minimum atomic E-state index is -0.672. The van der Waals surface area contributed by atoms with Crippen molar-refractivity contribution in [1.82, 2.24) is 14.8 Å². The van der Waals surface area contributed by atoms with E-state index in [1.165, 1.54) is 4.57 Å². The molecule has 0 radical (unpaired) electrons. The van der Waals surface area contributed by atoms with Gasteiger partial charge in [-0.05, 0) is 30.7 Å². The molecule has 1 aromatic heterocycles. The smallest absolute Gasteiger partial charge is 0.229 e. The first-order valence-electron chi connectivity index (χ1n) is 4.12. The van der Waals surface area contributed by atoms with E-state index in [0.29, 0.717) is 5.82 Å². The van der Waals surface area contributed by atoms with Crippen LogP contribution in [-0.2, 0) is 0 Å². The minimum absolute atomic E-state index is 0.0671. The molecule has 0 aliphatic rings. The summed E-state index contributed by atoms with van der Waals surface area (Å²) in [5.41, 5.74) is 0.264. The molecule has 0 saturated heterocycles. The summed E-state index contributed by atoms with van der Waals surface area (Å²) in [6.07, 6.45) is 0.